The van der Waals surface area contributed by atoms with Crippen LogP contribution in [0.1, 0.15) is 18.4 Å². The molecule has 0 saturated carbocycles. The van der Waals surface area contributed by atoms with Gasteiger partial charge in [0.1, 0.15) is 0 Å². The van der Waals surface area contributed by atoms with Crippen molar-refractivity contribution in [1.29, 1.82) is 0 Å². The first kappa shape index (κ1) is 11.9. The first-order valence-corrected chi connectivity index (χ1v) is 6.40. The number of halogens is 1. The summed E-state index contributed by atoms with van der Waals surface area (Å²) in [5.41, 5.74) is 1.36. The lowest BCUT2D eigenvalue weighted by Gasteiger charge is -2.03. The van der Waals surface area contributed by atoms with Crippen molar-refractivity contribution in [2.24, 2.45) is 0 Å². The Balaban J connectivity index is 1.99. The smallest absolute Gasteiger partial charge is 0.0330 e. The highest BCUT2D eigenvalue weighted by molar-refractivity contribution is 7.96. The van der Waals surface area contributed by atoms with Crippen LogP contribution in [0.15, 0.2) is 30.3 Å². The zero-order valence-corrected chi connectivity index (χ0v) is 9.78. The molecule has 1 nitrogen and oxygen atoms in total. The molecule has 1 aromatic carbocycles. The Morgan fingerprint density at radius 2 is 1.93 bits per heavy atom. The van der Waals surface area contributed by atoms with Gasteiger partial charge < -0.3 is 0 Å². The average molecular weight is 230 g/mol. The molecule has 0 spiro atoms. The maximum Gasteiger partial charge on any atom is 0.0330 e. The third-order valence-corrected chi connectivity index (χ3v) is 3.00. The minimum atomic E-state index is 0.769. The Labute approximate surface area is 95.4 Å². The molecule has 0 aliphatic heterocycles. The molecule has 0 fully saturated rings. The van der Waals surface area contributed by atoms with Crippen molar-refractivity contribution in [3.63, 3.8) is 0 Å². The maximum atomic E-state index is 5.58. The van der Waals surface area contributed by atoms with Crippen LogP contribution in [0.3, 0.4) is 0 Å². The molecule has 0 aromatic heterocycles. The molecule has 1 aromatic rings. The average Bonchev–Trinajstić information content (AvgIpc) is 2.25. The minimum absolute atomic E-state index is 0.769. The fourth-order valence-corrected chi connectivity index (χ4v) is 2.01. The Morgan fingerprint density at radius 3 is 2.64 bits per heavy atom. The second-order valence-electron chi connectivity index (χ2n) is 3.06. The molecule has 0 saturated heterocycles. The van der Waals surface area contributed by atoms with Gasteiger partial charge in [-0.2, -0.15) is 0 Å². The highest BCUT2D eigenvalue weighted by Gasteiger charge is 1.91. The van der Waals surface area contributed by atoms with Crippen molar-refractivity contribution in [3.8, 4) is 0 Å². The largest absolute Gasteiger partial charge is 0.264 e. The molecule has 0 atom stereocenters. The van der Waals surface area contributed by atoms with Gasteiger partial charge in [0.15, 0.2) is 0 Å². The summed E-state index contributed by atoms with van der Waals surface area (Å²) in [5.74, 6) is 1.80. The molecular formula is C11H16ClNS. The summed E-state index contributed by atoms with van der Waals surface area (Å²) in [5, 5.41) is 0. The second kappa shape index (κ2) is 8.16. The van der Waals surface area contributed by atoms with E-state index in [0.29, 0.717) is 0 Å². The molecule has 78 valence electrons. The van der Waals surface area contributed by atoms with Crippen LogP contribution in [0.4, 0.5) is 0 Å². The molecule has 0 amide bonds. The SMILES string of the molecule is ClCCCCNSCc1ccccc1. The lowest BCUT2D eigenvalue weighted by atomic mass is 10.2. The number of benzene rings is 1. The third kappa shape index (κ3) is 5.53. The van der Waals surface area contributed by atoms with E-state index in [1.54, 1.807) is 11.9 Å². The van der Waals surface area contributed by atoms with Gasteiger partial charge in [-0.25, -0.2) is 0 Å². The Bertz CT molecular complexity index is 228. The van der Waals surface area contributed by atoms with Crippen LogP contribution in [0, 0.1) is 0 Å². The zero-order valence-electron chi connectivity index (χ0n) is 8.21. The fraction of sp³-hybridized carbons (Fsp3) is 0.455. The van der Waals surface area contributed by atoms with Gasteiger partial charge in [0, 0.05) is 18.2 Å². The molecule has 0 radical (unpaired) electrons. The fourth-order valence-electron chi connectivity index (χ4n) is 1.07. The number of rotatable bonds is 7. The molecular weight excluding hydrogens is 214 g/mol. The summed E-state index contributed by atoms with van der Waals surface area (Å²) in [6, 6.07) is 10.5. The summed E-state index contributed by atoms with van der Waals surface area (Å²) < 4.78 is 3.33. The number of hydrogen-bond acceptors (Lipinski definition) is 2. The molecule has 1 rings (SSSR count). The minimum Gasteiger partial charge on any atom is -0.264 e. The van der Waals surface area contributed by atoms with Crippen LogP contribution in [0.5, 0.6) is 0 Å². The number of alkyl halides is 1. The molecule has 0 bridgehead atoms. The monoisotopic (exact) mass is 229 g/mol. The summed E-state index contributed by atoms with van der Waals surface area (Å²) in [6.07, 6.45) is 2.26. The van der Waals surface area contributed by atoms with E-state index in [4.69, 9.17) is 11.6 Å². The summed E-state index contributed by atoms with van der Waals surface area (Å²) in [4.78, 5) is 0. The normalized spacial score (nSPS) is 10.4. The quantitative estimate of drug-likeness (QED) is 0.437. The molecule has 3 heteroatoms. The van der Waals surface area contributed by atoms with E-state index < -0.39 is 0 Å². The van der Waals surface area contributed by atoms with E-state index in [0.717, 1.165) is 31.0 Å². The Hall–Kier alpha value is -0.180. The first-order chi connectivity index (χ1) is 6.93. The van der Waals surface area contributed by atoms with Gasteiger partial charge in [-0.3, -0.25) is 4.72 Å². The van der Waals surface area contributed by atoms with Crippen LogP contribution in [0.25, 0.3) is 0 Å². The Kier molecular flexibility index (Phi) is 6.93. The van der Waals surface area contributed by atoms with Gasteiger partial charge in [0.2, 0.25) is 0 Å². The van der Waals surface area contributed by atoms with Crippen LogP contribution >= 0.6 is 23.5 Å². The summed E-state index contributed by atoms with van der Waals surface area (Å²) in [6.45, 7) is 1.05. The van der Waals surface area contributed by atoms with Crippen LogP contribution in [-0.4, -0.2) is 12.4 Å². The number of hydrogen-bond donors (Lipinski definition) is 1. The molecule has 1 N–H and O–H groups in total. The van der Waals surface area contributed by atoms with Gasteiger partial charge in [-0.15, -0.1) is 11.6 Å². The van der Waals surface area contributed by atoms with E-state index in [1.807, 2.05) is 6.07 Å². The standard InChI is InChI=1S/C11H16ClNS/c12-8-4-5-9-13-14-10-11-6-2-1-3-7-11/h1-3,6-7,13H,4-5,8-10H2. The molecule has 0 unspecified atom stereocenters. The Morgan fingerprint density at radius 1 is 1.14 bits per heavy atom. The molecule has 0 aliphatic rings. The predicted octanol–water partition coefficient (Wildman–Crippen LogP) is 3.44. The lowest BCUT2D eigenvalue weighted by Crippen LogP contribution is -2.05. The first-order valence-electron chi connectivity index (χ1n) is 4.88. The maximum absolute atomic E-state index is 5.58. The highest BCUT2D eigenvalue weighted by atomic mass is 35.5. The van der Waals surface area contributed by atoms with Gasteiger partial charge in [0.25, 0.3) is 0 Å². The van der Waals surface area contributed by atoms with Crippen molar-refractivity contribution < 1.29 is 0 Å². The van der Waals surface area contributed by atoms with Crippen LogP contribution in [0.2, 0.25) is 0 Å². The molecule has 0 heterocycles. The lowest BCUT2D eigenvalue weighted by molar-refractivity contribution is 0.780. The van der Waals surface area contributed by atoms with Crippen molar-refractivity contribution in [3.05, 3.63) is 35.9 Å². The van der Waals surface area contributed by atoms with E-state index >= 15 is 0 Å². The number of unbranched alkanes of at least 4 members (excludes halogenated alkanes) is 1. The number of nitrogens with one attached hydrogen (secondary N) is 1. The van der Waals surface area contributed by atoms with Crippen molar-refractivity contribution >= 4 is 23.5 Å². The summed E-state index contributed by atoms with van der Waals surface area (Å²) >= 11 is 7.34. The van der Waals surface area contributed by atoms with Crippen LogP contribution < -0.4 is 4.72 Å². The van der Waals surface area contributed by atoms with Crippen molar-refractivity contribution in [2.45, 2.75) is 18.6 Å². The van der Waals surface area contributed by atoms with E-state index in [9.17, 15) is 0 Å². The van der Waals surface area contributed by atoms with Gasteiger partial charge in [0.05, 0.1) is 0 Å². The molecule has 0 aliphatic carbocycles. The topological polar surface area (TPSA) is 12.0 Å². The van der Waals surface area contributed by atoms with Crippen molar-refractivity contribution in [2.75, 3.05) is 12.4 Å². The highest BCUT2D eigenvalue weighted by Crippen LogP contribution is 2.08. The van der Waals surface area contributed by atoms with Gasteiger partial charge in [-0.1, -0.05) is 42.3 Å². The van der Waals surface area contributed by atoms with Gasteiger partial charge in [-0.05, 0) is 18.4 Å². The van der Waals surface area contributed by atoms with E-state index in [2.05, 4.69) is 29.0 Å². The van der Waals surface area contributed by atoms with Crippen molar-refractivity contribution in [1.82, 2.24) is 4.72 Å². The van der Waals surface area contributed by atoms with Gasteiger partial charge >= 0.3 is 0 Å². The second-order valence-corrected chi connectivity index (χ2v) is 4.31. The summed E-state index contributed by atoms with van der Waals surface area (Å²) in [7, 11) is 0. The third-order valence-electron chi connectivity index (χ3n) is 1.85. The molecule has 14 heavy (non-hydrogen) atoms. The van der Waals surface area contributed by atoms with E-state index in [-0.39, 0.29) is 0 Å². The van der Waals surface area contributed by atoms with Crippen LogP contribution in [-0.2, 0) is 5.75 Å². The van der Waals surface area contributed by atoms with E-state index in [1.165, 1.54) is 5.56 Å². The zero-order chi connectivity index (χ0) is 10.1. The predicted molar refractivity (Wildman–Crippen MR) is 65.7 cm³/mol.